The number of nitrogens with zero attached hydrogens (tertiary/aromatic N) is 6. The van der Waals surface area contributed by atoms with E-state index in [1.807, 2.05) is 22.9 Å². The lowest BCUT2D eigenvalue weighted by Gasteiger charge is -2.38. The molecule has 2 aromatic rings. The Kier molecular flexibility index (Phi) is 6.36. The van der Waals surface area contributed by atoms with Crippen LogP contribution >= 0.6 is 11.6 Å². The van der Waals surface area contributed by atoms with Gasteiger partial charge in [-0.05, 0) is 28.6 Å². The van der Waals surface area contributed by atoms with Crippen molar-refractivity contribution in [3.63, 3.8) is 0 Å². The highest BCUT2D eigenvalue weighted by atomic mass is 35.5. The number of tetrazole rings is 1. The van der Waals surface area contributed by atoms with E-state index >= 15 is 0 Å². The molecule has 1 fully saturated rings. The van der Waals surface area contributed by atoms with Gasteiger partial charge in [0.2, 0.25) is 0 Å². The Morgan fingerprint density at radius 2 is 1.96 bits per heavy atom. The number of benzene rings is 1. The summed E-state index contributed by atoms with van der Waals surface area (Å²) in [5.74, 6) is 0.815. The maximum atomic E-state index is 6.53. The molecule has 0 N–H and O–H groups in total. The van der Waals surface area contributed by atoms with Crippen LogP contribution in [-0.2, 0) is 11.3 Å². The van der Waals surface area contributed by atoms with E-state index in [0.717, 1.165) is 49.1 Å². The molecule has 0 unspecified atom stereocenters. The summed E-state index contributed by atoms with van der Waals surface area (Å²) in [6.45, 7) is 8.46. The minimum Gasteiger partial charge on any atom is -0.383 e. The summed E-state index contributed by atoms with van der Waals surface area (Å²) in [5, 5.41) is 13.1. The van der Waals surface area contributed by atoms with Crippen LogP contribution in [0.3, 0.4) is 0 Å². The lowest BCUT2D eigenvalue weighted by atomic mass is 10.0. The molecular formula is C17H25ClN6O. The molecule has 0 bridgehead atoms. The predicted molar refractivity (Wildman–Crippen MR) is 96.7 cm³/mol. The molecular weight excluding hydrogens is 340 g/mol. The van der Waals surface area contributed by atoms with Gasteiger partial charge in [0.15, 0.2) is 5.82 Å². The molecule has 8 heteroatoms. The van der Waals surface area contributed by atoms with E-state index in [1.165, 1.54) is 0 Å². The van der Waals surface area contributed by atoms with Crippen LogP contribution in [0.15, 0.2) is 24.3 Å². The van der Waals surface area contributed by atoms with Crippen molar-refractivity contribution >= 4 is 11.6 Å². The summed E-state index contributed by atoms with van der Waals surface area (Å²) in [6.07, 6.45) is 0. The molecule has 1 aromatic heterocycles. The van der Waals surface area contributed by atoms with E-state index in [1.54, 1.807) is 7.11 Å². The molecule has 7 nitrogen and oxygen atoms in total. The molecule has 2 heterocycles. The zero-order valence-corrected chi connectivity index (χ0v) is 15.6. The Morgan fingerprint density at radius 3 is 2.64 bits per heavy atom. The van der Waals surface area contributed by atoms with Gasteiger partial charge in [-0.25, -0.2) is 4.68 Å². The fourth-order valence-corrected chi connectivity index (χ4v) is 3.52. The first kappa shape index (κ1) is 18.3. The predicted octanol–water partition coefficient (Wildman–Crippen LogP) is 1.70. The topological polar surface area (TPSA) is 59.3 Å². The van der Waals surface area contributed by atoms with Crippen LogP contribution in [0.25, 0.3) is 0 Å². The molecule has 0 radical (unpaired) electrons. The molecule has 136 valence electrons. The van der Waals surface area contributed by atoms with Crippen molar-refractivity contribution in [1.82, 2.24) is 30.0 Å². The van der Waals surface area contributed by atoms with Gasteiger partial charge in [0.25, 0.3) is 0 Å². The molecule has 1 aromatic carbocycles. The Bertz CT molecular complexity index is 671. The third kappa shape index (κ3) is 4.17. The first-order chi connectivity index (χ1) is 12.2. The van der Waals surface area contributed by atoms with Gasteiger partial charge in [-0.1, -0.05) is 36.7 Å². The van der Waals surface area contributed by atoms with Crippen molar-refractivity contribution in [2.75, 3.05) is 46.4 Å². The van der Waals surface area contributed by atoms with Crippen molar-refractivity contribution in [1.29, 1.82) is 0 Å². The second kappa shape index (κ2) is 8.71. The van der Waals surface area contributed by atoms with Gasteiger partial charge in [0, 0.05) is 38.3 Å². The third-order valence-corrected chi connectivity index (χ3v) is 5.07. The maximum absolute atomic E-state index is 6.53. The fraction of sp³-hybridized carbons (Fsp3) is 0.588. The number of hydrogen-bond donors (Lipinski definition) is 0. The van der Waals surface area contributed by atoms with E-state index in [-0.39, 0.29) is 6.04 Å². The molecule has 0 amide bonds. The lowest BCUT2D eigenvalue weighted by molar-refractivity contribution is 0.107. The summed E-state index contributed by atoms with van der Waals surface area (Å²) in [6, 6.07) is 7.90. The number of rotatable bonds is 7. The summed E-state index contributed by atoms with van der Waals surface area (Å²) < 4.78 is 7.01. The minimum atomic E-state index is -0.0560. The van der Waals surface area contributed by atoms with E-state index in [9.17, 15) is 0 Å². The van der Waals surface area contributed by atoms with Gasteiger partial charge in [-0.3, -0.25) is 4.90 Å². The second-order valence-corrected chi connectivity index (χ2v) is 6.55. The van der Waals surface area contributed by atoms with Crippen molar-refractivity contribution in [2.45, 2.75) is 19.5 Å². The zero-order valence-electron chi connectivity index (χ0n) is 14.8. The SMILES string of the molecule is CCN1CCN([C@H](c2ccccc2Cl)c2nnnn2CCOC)CC1. The van der Waals surface area contributed by atoms with Gasteiger partial charge in [-0.15, -0.1) is 5.10 Å². The Balaban J connectivity index is 1.93. The minimum absolute atomic E-state index is 0.0560. The molecule has 1 aliphatic heterocycles. The van der Waals surface area contributed by atoms with Crippen LogP contribution in [0, 0.1) is 0 Å². The fourth-order valence-electron chi connectivity index (χ4n) is 3.28. The number of methoxy groups -OCH3 is 1. The van der Waals surface area contributed by atoms with Crippen LogP contribution in [0.1, 0.15) is 24.4 Å². The molecule has 1 saturated heterocycles. The molecule has 25 heavy (non-hydrogen) atoms. The highest BCUT2D eigenvalue weighted by Crippen LogP contribution is 2.32. The second-order valence-electron chi connectivity index (χ2n) is 6.15. The number of aromatic nitrogens is 4. The van der Waals surface area contributed by atoms with Crippen molar-refractivity contribution in [3.8, 4) is 0 Å². The van der Waals surface area contributed by atoms with Gasteiger partial charge in [-0.2, -0.15) is 0 Å². The molecule has 0 aliphatic carbocycles. The monoisotopic (exact) mass is 364 g/mol. The zero-order chi connectivity index (χ0) is 17.6. The number of halogens is 1. The molecule has 0 saturated carbocycles. The normalized spacial score (nSPS) is 17.7. The average Bonchev–Trinajstić information content (AvgIpc) is 3.10. The highest BCUT2D eigenvalue weighted by Gasteiger charge is 2.31. The number of hydrogen-bond acceptors (Lipinski definition) is 6. The highest BCUT2D eigenvalue weighted by molar-refractivity contribution is 6.31. The summed E-state index contributed by atoms with van der Waals surface area (Å²) in [7, 11) is 1.68. The van der Waals surface area contributed by atoms with Crippen LogP contribution in [0.5, 0.6) is 0 Å². The van der Waals surface area contributed by atoms with Gasteiger partial charge < -0.3 is 9.64 Å². The molecule has 1 atom stereocenters. The van der Waals surface area contributed by atoms with Crippen LogP contribution in [-0.4, -0.2) is 76.4 Å². The van der Waals surface area contributed by atoms with Crippen LogP contribution in [0.2, 0.25) is 5.02 Å². The average molecular weight is 365 g/mol. The van der Waals surface area contributed by atoms with E-state index in [0.29, 0.717) is 13.2 Å². The maximum Gasteiger partial charge on any atom is 0.173 e. The Morgan fingerprint density at radius 1 is 1.20 bits per heavy atom. The van der Waals surface area contributed by atoms with Crippen molar-refractivity contribution < 1.29 is 4.74 Å². The first-order valence-electron chi connectivity index (χ1n) is 8.70. The molecule has 1 aliphatic rings. The smallest absolute Gasteiger partial charge is 0.173 e. The molecule has 3 rings (SSSR count). The number of piperazine rings is 1. The Hall–Kier alpha value is -1.54. The van der Waals surface area contributed by atoms with Crippen molar-refractivity contribution in [2.24, 2.45) is 0 Å². The number of ether oxygens (including phenoxy) is 1. The van der Waals surface area contributed by atoms with Crippen LogP contribution < -0.4 is 0 Å². The quantitative estimate of drug-likeness (QED) is 0.745. The van der Waals surface area contributed by atoms with E-state index in [4.69, 9.17) is 16.3 Å². The molecule has 0 spiro atoms. The van der Waals surface area contributed by atoms with E-state index in [2.05, 4.69) is 38.3 Å². The van der Waals surface area contributed by atoms with Gasteiger partial charge >= 0.3 is 0 Å². The standard InChI is InChI=1S/C17H25ClN6O/c1-3-22-8-10-23(11-9-22)16(14-6-4-5-7-15(14)18)17-19-20-21-24(17)12-13-25-2/h4-7,16H,3,8-13H2,1-2H3/t16-/m1/s1. The Labute approximate surface area is 153 Å². The van der Waals surface area contributed by atoms with Gasteiger partial charge in [0.1, 0.15) is 0 Å². The largest absolute Gasteiger partial charge is 0.383 e. The van der Waals surface area contributed by atoms with E-state index < -0.39 is 0 Å². The summed E-state index contributed by atoms with van der Waals surface area (Å²) >= 11 is 6.53. The first-order valence-corrected chi connectivity index (χ1v) is 9.08. The third-order valence-electron chi connectivity index (χ3n) is 4.73. The van der Waals surface area contributed by atoms with Crippen LogP contribution in [0.4, 0.5) is 0 Å². The number of likely N-dealkylation sites (N-methyl/N-ethyl adjacent to an activating group) is 1. The summed E-state index contributed by atoms with van der Waals surface area (Å²) in [5.41, 5.74) is 1.04. The summed E-state index contributed by atoms with van der Waals surface area (Å²) in [4.78, 5) is 4.87. The lowest BCUT2D eigenvalue weighted by Crippen LogP contribution is -2.48. The van der Waals surface area contributed by atoms with Gasteiger partial charge in [0.05, 0.1) is 19.2 Å². The van der Waals surface area contributed by atoms with Crippen molar-refractivity contribution in [3.05, 3.63) is 40.7 Å².